The van der Waals surface area contributed by atoms with Crippen LogP contribution in [0.15, 0.2) is 91.0 Å². The summed E-state index contributed by atoms with van der Waals surface area (Å²) in [6.45, 7) is 1.97. The van der Waals surface area contributed by atoms with Crippen molar-refractivity contribution in [1.82, 2.24) is 0 Å². The summed E-state index contributed by atoms with van der Waals surface area (Å²) in [6, 6.07) is 28.3. The summed E-state index contributed by atoms with van der Waals surface area (Å²) < 4.78 is 5.70. The number of para-hydroxylation sites is 1. The Hall–Kier alpha value is -4.75. The average Bonchev–Trinajstić information content (AvgIpc) is 3.54. The van der Waals surface area contributed by atoms with E-state index >= 15 is 0 Å². The van der Waals surface area contributed by atoms with Crippen LogP contribution in [-0.2, 0) is 19.2 Å². The Balaban J connectivity index is 1.05. The molecule has 3 aliphatic carbocycles. The van der Waals surface area contributed by atoms with Gasteiger partial charge in [-0.3, -0.25) is 19.2 Å². The minimum absolute atomic E-state index is 0.0216. The van der Waals surface area contributed by atoms with Gasteiger partial charge in [0.15, 0.2) is 0 Å². The predicted octanol–water partition coefficient (Wildman–Crippen LogP) is 6.00. The summed E-state index contributed by atoms with van der Waals surface area (Å²) in [5, 5.41) is 0.438. The number of esters is 1. The smallest absolute Gasteiger partial charge is 0.316 e. The topological polar surface area (TPSA) is 84.0 Å². The highest BCUT2D eigenvalue weighted by Crippen LogP contribution is 2.61. The van der Waals surface area contributed by atoms with Gasteiger partial charge in [0.2, 0.25) is 17.7 Å². The van der Waals surface area contributed by atoms with Crippen LogP contribution < -0.4 is 14.5 Å². The summed E-state index contributed by atoms with van der Waals surface area (Å²) in [4.78, 5) is 56.9. The van der Waals surface area contributed by atoms with E-state index in [1.54, 1.807) is 49.4 Å². The lowest BCUT2D eigenvalue weighted by atomic mass is 9.55. The van der Waals surface area contributed by atoms with Crippen molar-refractivity contribution in [2.45, 2.75) is 25.2 Å². The predicted molar refractivity (Wildman–Crippen MR) is 165 cm³/mol. The van der Waals surface area contributed by atoms with E-state index in [1.807, 2.05) is 24.3 Å². The molecule has 5 aliphatic rings. The Morgan fingerprint density at radius 1 is 0.750 bits per heavy atom. The fourth-order valence-electron chi connectivity index (χ4n) is 7.83. The van der Waals surface area contributed by atoms with Crippen molar-refractivity contribution in [1.29, 1.82) is 0 Å². The second kappa shape index (κ2) is 9.89. The van der Waals surface area contributed by atoms with Crippen molar-refractivity contribution in [2.24, 2.45) is 17.8 Å². The fraction of sp³-hybridized carbons (Fsp3) is 0.222. The second-order valence-electron chi connectivity index (χ2n) is 12.0. The normalized spacial score (nSPS) is 24.8. The Kier molecular flexibility index (Phi) is 6.04. The van der Waals surface area contributed by atoms with Gasteiger partial charge in [0.05, 0.1) is 34.2 Å². The maximum atomic E-state index is 14.1. The molecule has 0 saturated carbocycles. The van der Waals surface area contributed by atoms with Crippen LogP contribution in [0.3, 0.4) is 0 Å². The fourth-order valence-corrected chi connectivity index (χ4v) is 8.06. The molecule has 9 rings (SSSR count). The van der Waals surface area contributed by atoms with Gasteiger partial charge in [-0.15, -0.1) is 0 Å². The van der Waals surface area contributed by atoms with Gasteiger partial charge in [-0.25, -0.2) is 4.90 Å². The van der Waals surface area contributed by atoms with Crippen LogP contribution in [0.1, 0.15) is 46.1 Å². The lowest BCUT2D eigenvalue weighted by Gasteiger charge is -2.45. The zero-order valence-electron chi connectivity index (χ0n) is 23.8. The summed E-state index contributed by atoms with van der Waals surface area (Å²) in [6.07, 6.45) is 0.0216. The van der Waals surface area contributed by atoms with Gasteiger partial charge in [-0.05, 0) is 65.1 Å². The SMILES string of the molecule is Cc1cc(OC(=O)[C@@H]2CC(=O)N(c3ccccc3Cl)C2)ccc1N1C(=O)[C@@H]2C3c4ccccc4C(c4ccccc43)[C@@H]2C1=O. The minimum Gasteiger partial charge on any atom is -0.426 e. The van der Waals surface area contributed by atoms with E-state index in [2.05, 4.69) is 24.3 Å². The Morgan fingerprint density at radius 2 is 1.30 bits per heavy atom. The van der Waals surface area contributed by atoms with Crippen molar-refractivity contribution >= 4 is 46.7 Å². The van der Waals surface area contributed by atoms with Crippen LogP contribution in [-0.4, -0.2) is 30.2 Å². The highest BCUT2D eigenvalue weighted by Gasteiger charge is 2.61. The molecule has 44 heavy (non-hydrogen) atoms. The number of hydrogen-bond acceptors (Lipinski definition) is 5. The number of rotatable bonds is 4. The van der Waals surface area contributed by atoms with Crippen LogP contribution in [0.2, 0.25) is 5.02 Å². The Labute approximate surface area is 259 Å². The van der Waals surface area contributed by atoms with Crippen LogP contribution in [0.4, 0.5) is 11.4 Å². The first-order valence-electron chi connectivity index (χ1n) is 14.8. The number of hydrogen-bond donors (Lipinski definition) is 0. The summed E-state index contributed by atoms with van der Waals surface area (Å²) in [5.74, 6) is -2.79. The third-order valence-electron chi connectivity index (χ3n) is 9.68. The molecule has 218 valence electrons. The quantitative estimate of drug-likeness (QED) is 0.162. The average molecular weight is 603 g/mol. The maximum Gasteiger partial charge on any atom is 0.316 e. The summed E-state index contributed by atoms with van der Waals surface area (Å²) >= 11 is 6.28. The zero-order valence-corrected chi connectivity index (χ0v) is 24.5. The Bertz CT molecular complexity index is 1800. The number of ether oxygens (including phenoxy) is 1. The van der Waals surface area contributed by atoms with E-state index in [9.17, 15) is 19.2 Å². The highest BCUT2D eigenvalue weighted by molar-refractivity contribution is 6.34. The molecule has 4 aromatic rings. The number of imide groups is 1. The van der Waals surface area contributed by atoms with Crippen molar-refractivity contribution in [3.8, 4) is 5.75 Å². The number of halogens is 1. The molecule has 2 bridgehead atoms. The van der Waals surface area contributed by atoms with Gasteiger partial charge in [-0.2, -0.15) is 0 Å². The van der Waals surface area contributed by atoms with E-state index in [0.29, 0.717) is 22.0 Å². The van der Waals surface area contributed by atoms with Crippen molar-refractivity contribution in [2.75, 3.05) is 16.3 Å². The van der Waals surface area contributed by atoms with Crippen LogP contribution in [0.25, 0.3) is 0 Å². The number of anilines is 2. The van der Waals surface area contributed by atoms with Gasteiger partial charge in [0, 0.05) is 24.8 Å². The van der Waals surface area contributed by atoms with Crippen molar-refractivity contribution < 1.29 is 23.9 Å². The molecule has 3 amide bonds. The van der Waals surface area contributed by atoms with Gasteiger partial charge >= 0.3 is 5.97 Å². The third kappa shape index (κ3) is 3.82. The number of amides is 3. The molecule has 3 atom stereocenters. The molecular formula is C36H27ClN2O5. The summed E-state index contributed by atoms with van der Waals surface area (Å²) in [5.41, 5.74) is 6.18. The van der Waals surface area contributed by atoms with Crippen molar-refractivity contribution in [3.63, 3.8) is 0 Å². The van der Waals surface area contributed by atoms with E-state index < -0.39 is 23.7 Å². The minimum atomic E-state index is -0.651. The standard InChI is InChI=1S/C36H27ClN2O5/c1-19-16-21(44-36(43)20-17-29(40)38(18-20)28-13-7-6-12-26(28)37)14-15-27(19)39-34(41)32-30-22-8-2-3-9-23(22)31(33(32)35(39)42)25-11-5-4-10-24(25)30/h2-16,20,30-33H,17-18H2,1H3/t20-,30?,31?,32-,33+/m1/s1. The number of carbonyl (C=O) groups is 4. The lowest BCUT2D eigenvalue weighted by Crippen LogP contribution is -2.41. The van der Waals surface area contributed by atoms with E-state index in [4.69, 9.17) is 16.3 Å². The molecule has 4 aromatic carbocycles. The Morgan fingerprint density at radius 3 is 1.84 bits per heavy atom. The number of carbonyl (C=O) groups excluding carboxylic acids is 4. The monoisotopic (exact) mass is 602 g/mol. The van der Waals surface area contributed by atoms with Crippen LogP contribution in [0.5, 0.6) is 5.75 Å². The molecule has 8 heteroatoms. The third-order valence-corrected chi connectivity index (χ3v) is 10.00. The largest absolute Gasteiger partial charge is 0.426 e. The molecule has 7 nitrogen and oxygen atoms in total. The van der Waals surface area contributed by atoms with E-state index in [1.165, 1.54) is 9.80 Å². The molecule has 0 unspecified atom stereocenters. The van der Waals surface area contributed by atoms with Gasteiger partial charge in [0.25, 0.3) is 0 Å². The van der Waals surface area contributed by atoms with Gasteiger partial charge in [0.1, 0.15) is 5.75 Å². The van der Waals surface area contributed by atoms with Gasteiger partial charge in [-0.1, -0.05) is 72.3 Å². The van der Waals surface area contributed by atoms with Crippen LogP contribution in [0, 0.1) is 24.7 Å². The van der Waals surface area contributed by atoms with Crippen molar-refractivity contribution in [3.05, 3.63) is 124 Å². The zero-order chi connectivity index (χ0) is 30.3. The molecular weight excluding hydrogens is 576 g/mol. The second-order valence-corrected chi connectivity index (χ2v) is 12.4. The van der Waals surface area contributed by atoms with E-state index in [-0.39, 0.29) is 48.3 Å². The van der Waals surface area contributed by atoms with Gasteiger partial charge < -0.3 is 9.64 Å². The summed E-state index contributed by atoms with van der Waals surface area (Å²) in [7, 11) is 0. The molecule has 0 N–H and O–H groups in total. The van der Waals surface area contributed by atoms with E-state index in [0.717, 1.165) is 22.3 Å². The number of nitrogens with zero attached hydrogens (tertiary/aromatic N) is 2. The van der Waals surface area contributed by atoms with Crippen LogP contribution >= 0.6 is 11.6 Å². The lowest BCUT2D eigenvalue weighted by molar-refractivity contribution is -0.139. The molecule has 2 heterocycles. The molecule has 2 aliphatic heterocycles. The number of aryl methyl sites for hydroxylation is 1. The highest BCUT2D eigenvalue weighted by atomic mass is 35.5. The molecule has 0 spiro atoms. The first-order chi connectivity index (χ1) is 21.3. The number of benzene rings is 4. The molecule has 2 saturated heterocycles. The molecule has 0 radical (unpaired) electrons. The molecule has 2 fully saturated rings. The maximum absolute atomic E-state index is 14.1. The first-order valence-corrected chi connectivity index (χ1v) is 15.1. The molecule has 0 aromatic heterocycles. The first kappa shape index (κ1) is 26.8.